The zero-order valence-corrected chi connectivity index (χ0v) is 18.7. The maximum atomic E-state index is 14.4. The predicted molar refractivity (Wildman–Crippen MR) is 118 cm³/mol. The molecule has 0 bridgehead atoms. The second kappa shape index (κ2) is 7.57. The van der Waals surface area contributed by atoms with Gasteiger partial charge in [0.1, 0.15) is 11.6 Å². The zero-order chi connectivity index (χ0) is 24.4. The number of hydrogen-bond donors (Lipinski definition) is 0. The fourth-order valence-corrected chi connectivity index (χ4v) is 6.61. The monoisotopic (exact) mass is 506 g/mol. The minimum absolute atomic E-state index is 0.0761. The van der Waals surface area contributed by atoms with Gasteiger partial charge in [0, 0.05) is 22.3 Å². The van der Waals surface area contributed by atoms with Crippen LogP contribution in [-0.2, 0) is 30.8 Å². The number of benzene rings is 3. The Balaban J connectivity index is 1.76. The average Bonchev–Trinajstić information content (AvgIpc) is 3.14. The van der Waals surface area contributed by atoms with Gasteiger partial charge in [-0.3, -0.25) is 14.5 Å². The third-order valence-corrected chi connectivity index (χ3v) is 8.25. The number of halogens is 4. The molecule has 1 unspecified atom stereocenters. The van der Waals surface area contributed by atoms with Gasteiger partial charge in [0.2, 0.25) is 5.91 Å². The van der Waals surface area contributed by atoms with Gasteiger partial charge in [-0.15, -0.1) is 0 Å². The number of carbonyl (C=O) groups is 2. The van der Waals surface area contributed by atoms with Crippen LogP contribution in [0.4, 0.5) is 24.5 Å². The van der Waals surface area contributed by atoms with Gasteiger partial charge >= 0.3 is 0 Å². The van der Waals surface area contributed by atoms with E-state index in [4.69, 9.17) is 11.6 Å². The number of nitrogens with zero attached hydrogens (tertiary/aromatic N) is 2. The van der Waals surface area contributed by atoms with E-state index in [9.17, 15) is 31.2 Å². The van der Waals surface area contributed by atoms with E-state index in [-0.39, 0.29) is 23.5 Å². The molecule has 1 atom stereocenters. The van der Waals surface area contributed by atoms with E-state index in [1.54, 1.807) is 24.3 Å². The molecular weight excluding hydrogens is 493 g/mol. The van der Waals surface area contributed by atoms with Crippen LogP contribution in [0.2, 0.25) is 5.02 Å². The van der Waals surface area contributed by atoms with Gasteiger partial charge in [0.25, 0.3) is 10.8 Å². The van der Waals surface area contributed by atoms with Gasteiger partial charge in [-0.2, -0.15) is 0 Å². The summed E-state index contributed by atoms with van der Waals surface area (Å²) in [5, 5.41) is 0.448. The summed E-state index contributed by atoms with van der Waals surface area (Å²) in [6.07, 6.45) is 0. The fraction of sp³-hybridized carbons (Fsp3) is 0.130. The van der Waals surface area contributed by atoms with Crippen molar-refractivity contribution in [2.75, 3.05) is 15.6 Å². The Morgan fingerprint density at radius 3 is 2.29 bits per heavy atom. The third-order valence-electron chi connectivity index (χ3n) is 5.89. The highest BCUT2D eigenvalue weighted by atomic mass is 35.5. The van der Waals surface area contributed by atoms with Crippen molar-refractivity contribution in [2.24, 2.45) is 0 Å². The van der Waals surface area contributed by atoms with Crippen molar-refractivity contribution in [3.63, 3.8) is 0 Å². The van der Waals surface area contributed by atoms with E-state index >= 15 is 0 Å². The quantitative estimate of drug-likeness (QED) is 0.540. The molecule has 0 radical (unpaired) electrons. The number of rotatable bonds is 3. The minimum atomic E-state index is -4.59. The molecule has 0 aliphatic carbocycles. The normalized spacial score (nSPS) is 20.9. The molecule has 0 saturated carbocycles. The first-order valence-electron chi connectivity index (χ1n) is 9.93. The molecule has 1 spiro atoms. The van der Waals surface area contributed by atoms with Gasteiger partial charge in [-0.05, 0) is 48.0 Å². The summed E-state index contributed by atoms with van der Waals surface area (Å²) >= 11 is 5.92. The largest absolute Gasteiger partial charge is 0.304 e. The summed E-state index contributed by atoms with van der Waals surface area (Å²) < 4.78 is 68.9. The molecule has 174 valence electrons. The van der Waals surface area contributed by atoms with Crippen LogP contribution in [0.1, 0.15) is 11.1 Å². The summed E-state index contributed by atoms with van der Waals surface area (Å²) in [7, 11) is -4.59. The number of hydrogen-bond acceptors (Lipinski definition) is 4. The molecule has 3 aromatic rings. The molecular formula is C23H14ClF3N2O4S. The Kier molecular flexibility index (Phi) is 4.99. The van der Waals surface area contributed by atoms with Gasteiger partial charge in [-0.1, -0.05) is 23.7 Å². The Morgan fingerprint density at radius 1 is 0.912 bits per heavy atom. The van der Waals surface area contributed by atoms with Crippen LogP contribution in [0.25, 0.3) is 0 Å². The third kappa shape index (κ3) is 3.05. The van der Waals surface area contributed by atoms with Gasteiger partial charge in [0.05, 0.1) is 12.2 Å². The molecule has 5 rings (SSSR count). The van der Waals surface area contributed by atoms with Crippen molar-refractivity contribution < 1.29 is 31.2 Å². The molecule has 34 heavy (non-hydrogen) atoms. The maximum absolute atomic E-state index is 14.4. The second-order valence-corrected chi connectivity index (χ2v) is 10.5. The fourth-order valence-electron chi connectivity index (χ4n) is 4.46. The van der Waals surface area contributed by atoms with Crippen LogP contribution >= 0.6 is 11.6 Å². The Labute approximate surface area is 197 Å². The van der Waals surface area contributed by atoms with Crippen LogP contribution in [0.15, 0.2) is 60.7 Å². The lowest BCUT2D eigenvalue weighted by atomic mass is 10.0. The highest BCUT2D eigenvalue weighted by Gasteiger charge is 2.69. The SMILES string of the molecule is O=C1CS(=O)(=O)C2(C(=O)N(Cc3ccc(Cl)cc3)c3ccc(F)cc32)N1c1ccc(F)c(F)c1. The first-order chi connectivity index (χ1) is 16.1. The van der Waals surface area contributed by atoms with E-state index in [0.29, 0.717) is 27.6 Å². The van der Waals surface area contributed by atoms with Crippen LogP contribution in [0.5, 0.6) is 0 Å². The number of anilines is 2. The molecule has 1 fully saturated rings. The van der Waals surface area contributed by atoms with Crippen LogP contribution in [0, 0.1) is 17.5 Å². The molecule has 0 aromatic heterocycles. The van der Waals surface area contributed by atoms with Crippen molar-refractivity contribution in [1.82, 2.24) is 0 Å². The van der Waals surface area contributed by atoms with Gasteiger partial charge in [0.15, 0.2) is 21.5 Å². The molecule has 2 aliphatic heterocycles. The molecule has 0 N–H and O–H groups in total. The van der Waals surface area contributed by atoms with Crippen molar-refractivity contribution in [1.29, 1.82) is 0 Å². The summed E-state index contributed by atoms with van der Waals surface area (Å²) in [6, 6.07) is 11.9. The van der Waals surface area contributed by atoms with Gasteiger partial charge in [-0.25, -0.2) is 21.6 Å². The van der Waals surface area contributed by atoms with Crippen LogP contribution < -0.4 is 9.80 Å². The highest BCUT2D eigenvalue weighted by molar-refractivity contribution is 7.94. The van der Waals surface area contributed by atoms with Crippen molar-refractivity contribution in [2.45, 2.75) is 11.4 Å². The Morgan fingerprint density at radius 2 is 1.62 bits per heavy atom. The van der Waals surface area contributed by atoms with Crippen molar-refractivity contribution in [3.8, 4) is 0 Å². The van der Waals surface area contributed by atoms with Gasteiger partial charge < -0.3 is 4.90 Å². The summed E-state index contributed by atoms with van der Waals surface area (Å²) in [5.41, 5.74) is 0.0438. The van der Waals surface area contributed by atoms with E-state index in [0.717, 1.165) is 23.1 Å². The molecule has 2 amide bonds. The lowest BCUT2D eigenvalue weighted by molar-refractivity contribution is -0.123. The Bertz CT molecular complexity index is 1480. The van der Waals surface area contributed by atoms with E-state index in [2.05, 4.69) is 0 Å². The lowest BCUT2D eigenvalue weighted by Crippen LogP contribution is -2.54. The molecule has 11 heteroatoms. The van der Waals surface area contributed by atoms with E-state index in [1.165, 1.54) is 6.07 Å². The number of sulfone groups is 1. The summed E-state index contributed by atoms with van der Waals surface area (Å²) in [5.74, 6) is -6.52. The first kappa shape index (κ1) is 22.4. The van der Waals surface area contributed by atoms with Crippen LogP contribution in [-0.4, -0.2) is 26.0 Å². The zero-order valence-electron chi connectivity index (χ0n) is 17.1. The second-order valence-electron chi connectivity index (χ2n) is 7.91. The maximum Gasteiger partial charge on any atom is 0.274 e. The number of amides is 2. The summed E-state index contributed by atoms with van der Waals surface area (Å²) in [4.78, 5) is 25.9. The molecule has 3 aromatic carbocycles. The van der Waals surface area contributed by atoms with Crippen LogP contribution in [0.3, 0.4) is 0 Å². The minimum Gasteiger partial charge on any atom is -0.304 e. The molecule has 6 nitrogen and oxygen atoms in total. The highest BCUT2D eigenvalue weighted by Crippen LogP contribution is 2.53. The smallest absolute Gasteiger partial charge is 0.274 e. The first-order valence-corrected chi connectivity index (χ1v) is 12.0. The predicted octanol–water partition coefficient (Wildman–Crippen LogP) is 3.92. The molecule has 2 heterocycles. The topological polar surface area (TPSA) is 74.8 Å². The average molecular weight is 507 g/mol. The standard InChI is InChI=1S/C23H14ClF3N2O4S/c24-14-3-1-13(2-4-14)11-28-20-8-5-15(25)9-17(20)23(22(28)31)29(21(30)12-34(23,32)33)16-6-7-18(26)19(27)10-16/h1-10H,11-12H2. The molecule has 1 saturated heterocycles. The molecule has 2 aliphatic rings. The lowest BCUT2D eigenvalue weighted by Gasteiger charge is -2.32. The van der Waals surface area contributed by atoms with E-state index in [1.807, 2.05) is 0 Å². The number of fused-ring (bicyclic) bond motifs is 2. The number of carbonyl (C=O) groups excluding carboxylic acids is 2. The van der Waals surface area contributed by atoms with Crippen molar-refractivity contribution in [3.05, 3.63) is 94.3 Å². The Hall–Kier alpha value is -3.37. The van der Waals surface area contributed by atoms with E-state index < -0.39 is 49.7 Å². The van der Waals surface area contributed by atoms with Crippen molar-refractivity contribution >= 4 is 44.6 Å². The summed E-state index contributed by atoms with van der Waals surface area (Å²) in [6.45, 7) is -0.105.